The first-order chi connectivity index (χ1) is 7.15. The average molecular weight is 208 g/mol. The molecular weight excluding hydrogens is 200 g/mol. The van der Waals surface area contributed by atoms with Gasteiger partial charge in [-0.2, -0.15) is 0 Å². The Morgan fingerprint density at radius 3 is 3.00 bits per heavy atom. The van der Waals surface area contributed by atoms with Crippen LogP contribution in [0.2, 0.25) is 0 Å². The Balaban J connectivity index is 2.52. The van der Waals surface area contributed by atoms with Gasteiger partial charge in [-0.3, -0.25) is 25.3 Å². The Labute approximate surface area is 84.9 Å². The van der Waals surface area contributed by atoms with Crippen LogP contribution in [0.5, 0.6) is 0 Å². The molecule has 0 aromatic carbocycles. The zero-order valence-electron chi connectivity index (χ0n) is 7.91. The van der Waals surface area contributed by atoms with E-state index in [2.05, 4.69) is 9.98 Å². The van der Waals surface area contributed by atoms with E-state index in [4.69, 9.17) is 0 Å². The van der Waals surface area contributed by atoms with Crippen LogP contribution < -0.4 is 0 Å². The highest BCUT2D eigenvalue weighted by molar-refractivity contribution is 6.53. The van der Waals surface area contributed by atoms with Crippen molar-refractivity contribution in [3.63, 3.8) is 0 Å². The smallest absolute Gasteiger partial charge is 0.287 e. The monoisotopic (exact) mass is 208 g/mol. The lowest BCUT2D eigenvalue weighted by Gasteiger charge is -2.13. The number of allylic oxidation sites excluding steroid dienone is 4. The fourth-order valence-corrected chi connectivity index (χ4v) is 1.50. The maximum Gasteiger partial charge on any atom is 0.296 e. The molecule has 1 heterocycles. The van der Waals surface area contributed by atoms with E-state index in [-0.39, 0.29) is 18.1 Å². The number of fused-ring (bicyclic) bond motifs is 1. The van der Waals surface area contributed by atoms with E-state index in [0.29, 0.717) is 11.4 Å². The Bertz CT molecular complexity index is 447. The van der Waals surface area contributed by atoms with Crippen LogP contribution in [0, 0.1) is 10.1 Å². The van der Waals surface area contributed by atoms with E-state index in [9.17, 15) is 15.3 Å². The van der Waals surface area contributed by atoms with E-state index in [0.717, 1.165) is 5.06 Å². The van der Waals surface area contributed by atoms with Crippen molar-refractivity contribution in [1.29, 1.82) is 0 Å². The molecule has 78 valence electrons. The number of hydrogen-bond acceptors (Lipinski definition) is 6. The minimum absolute atomic E-state index is 0.0824. The van der Waals surface area contributed by atoms with E-state index < -0.39 is 4.92 Å². The lowest BCUT2D eigenvalue weighted by atomic mass is 10.0. The van der Waals surface area contributed by atoms with Crippen molar-refractivity contribution < 1.29 is 10.1 Å². The number of nitrogens with zero attached hydrogens (tertiary/aromatic N) is 4. The van der Waals surface area contributed by atoms with Crippen LogP contribution in [0.3, 0.4) is 0 Å². The van der Waals surface area contributed by atoms with E-state index in [1.165, 1.54) is 19.2 Å². The molecule has 0 amide bonds. The van der Waals surface area contributed by atoms with Crippen molar-refractivity contribution in [1.82, 2.24) is 5.06 Å². The Morgan fingerprint density at radius 2 is 2.40 bits per heavy atom. The molecule has 0 saturated carbocycles. The molecule has 1 N–H and O–H groups in total. The summed E-state index contributed by atoms with van der Waals surface area (Å²) in [6.45, 7) is 0.0824. The van der Waals surface area contributed by atoms with Crippen molar-refractivity contribution in [2.24, 2.45) is 9.98 Å². The largest absolute Gasteiger partial charge is 0.296 e. The highest BCUT2D eigenvalue weighted by Gasteiger charge is 2.34. The fourth-order valence-electron chi connectivity index (χ4n) is 1.50. The third kappa shape index (κ3) is 1.33. The summed E-state index contributed by atoms with van der Waals surface area (Å²) < 4.78 is 0. The molecule has 0 aromatic rings. The molecule has 1 aliphatic carbocycles. The predicted octanol–water partition coefficient (Wildman–Crippen LogP) is 0.219. The zero-order valence-corrected chi connectivity index (χ0v) is 7.91. The molecule has 0 spiro atoms. The summed E-state index contributed by atoms with van der Waals surface area (Å²) in [6, 6.07) is 0. The van der Waals surface area contributed by atoms with Gasteiger partial charge in [0.05, 0.1) is 10.6 Å². The number of rotatable bonds is 1. The maximum absolute atomic E-state index is 10.7. The molecule has 0 aromatic heterocycles. The topological polar surface area (TPSA) is 91.3 Å². The van der Waals surface area contributed by atoms with Crippen LogP contribution in [-0.2, 0) is 0 Å². The van der Waals surface area contributed by atoms with Gasteiger partial charge in [-0.05, 0) is 6.08 Å². The number of nitro groups is 1. The molecule has 0 atom stereocenters. The van der Waals surface area contributed by atoms with Crippen molar-refractivity contribution in [2.45, 2.75) is 0 Å². The summed E-state index contributed by atoms with van der Waals surface area (Å²) >= 11 is 0. The van der Waals surface area contributed by atoms with Gasteiger partial charge in [0, 0.05) is 13.1 Å². The number of aliphatic imine (C=N–C) groups is 2. The van der Waals surface area contributed by atoms with Gasteiger partial charge in [-0.15, -0.1) is 0 Å². The normalized spacial score (nSPS) is 22.1. The van der Waals surface area contributed by atoms with Gasteiger partial charge in [-0.1, -0.05) is 0 Å². The second-order valence-electron chi connectivity index (χ2n) is 2.98. The number of hydrogen-bond donors (Lipinski definition) is 1. The molecule has 0 fully saturated rings. The van der Waals surface area contributed by atoms with Gasteiger partial charge >= 0.3 is 0 Å². The Kier molecular flexibility index (Phi) is 2.09. The average Bonchev–Trinajstić information content (AvgIpc) is 2.59. The van der Waals surface area contributed by atoms with Gasteiger partial charge in [-0.25, -0.2) is 5.06 Å². The lowest BCUT2D eigenvalue weighted by molar-refractivity contribution is -0.414. The Hall–Kier alpha value is -2.02. The SMILES string of the molecule is CN=C1C([N+](=O)[O-])=CC=C2C1=NCN2O. The molecule has 0 saturated heterocycles. The molecule has 0 bridgehead atoms. The first kappa shape index (κ1) is 9.53. The van der Waals surface area contributed by atoms with Gasteiger partial charge in [0.25, 0.3) is 5.70 Å². The second kappa shape index (κ2) is 3.28. The summed E-state index contributed by atoms with van der Waals surface area (Å²) in [5.74, 6) is 0. The van der Waals surface area contributed by atoms with Gasteiger partial charge in [0.1, 0.15) is 12.4 Å². The minimum Gasteiger partial charge on any atom is -0.287 e. The number of hydroxylamine groups is 2. The summed E-state index contributed by atoms with van der Waals surface area (Å²) in [7, 11) is 1.46. The second-order valence-corrected chi connectivity index (χ2v) is 2.98. The first-order valence-corrected chi connectivity index (χ1v) is 4.20. The summed E-state index contributed by atoms with van der Waals surface area (Å²) in [6.07, 6.45) is 2.77. The van der Waals surface area contributed by atoms with Crippen LogP contribution in [-0.4, -0.2) is 40.3 Å². The van der Waals surface area contributed by atoms with Crippen molar-refractivity contribution in [3.05, 3.63) is 33.7 Å². The van der Waals surface area contributed by atoms with E-state index >= 15 is 0 Å². The summed E-state index contributed by atoms with van der Waals surface area (Å²) in [5, 5.41) is 21.0. The van der Waals surface area contributed by atoms with E-state index in [1.54, 1.807) is 0 Å². The third-order valence-corrected chi connectivity index (χ3v) is 2.17. The summed E-state index contributed by atoms with van der Waals surface area (Å²) in [5.41, 5.74) is 0.916. The maximum atomic E-state index is 10.7. The van der Waals surface area contributed by atoms with E-state index in [1.807, 2.05) is 0 Å². The molecule has 15 heavy (non-hydrogen) atoms. The van der Waals surface area contributed by atoms with Crippen LogP contribution in [0.4, 0.5) is 0 Å². The standard InChI is InChI=1S/C8H8N4O3/c1-9-7-6(12(14)15)3-2-5-8(7)10-4-11(5)13/h2-3,13H,4H2,1H3. The molecule has 1 aliphatic heterocycles. The molecule has 7 nitrogen and oxygen atoms in total. The van der Waals surface area contributed by atoms with Crippen LogP contribution in [0.25, 0.3) is 0 Å². The van der Waals surface area contributed by atoms with Crippen molar-refractivity contribution in [3.8, 4) is 0 Å². The van der Waals surface area contributed by atoms with Gasteiger partial charge in [0.15, 0.2) is 5.71 Å². The third-order valence-electron chi connectivity index (χ3n) is 2.17. The summed E-state index contributed by atoms with van der Waals surface area (Å²) in [4.78, 5) is 18.0. The van der Waals surface area contributed by atoms with Gasteiger partial charge in [0.2, 0.25) is 0 Å². The van der Waals surface area contributed by atoms with Crippen LogP contribution >= 0.6 is 0 Å². The lowest BCUT2D eigenvalue weighted by Crippen LogP contribution is -2.28. The van der Waals surface area contributed by atoms with Crippen LogP contribution in [0.1, 0.15) is 0 Å². The first-order valence-electron chi connectivity index (χ1n) is 4.20. The van der Waals surface area contributed by atoms with Crippen molar-refractivity contribution in [2.75, 3.05) is 13.7 Å². The van der Waals surface area contributed by atoms with Crippen molar-refractivity contribution >= 4 is 11.4 Å². The molecule has 2 rings (SSSR count). The highest BCUT2D eigenvalue weighted by atomic mass is 16.6. The predicted molar refractivity (Wildman–Crippen MR) is 52.4 cm³/mol. The Morgan fingerprint density at radius 1 is 1.67 bits per heavy atom. The zero-order chi connectivity index (χ0) is 11.0. The molecular formula is C8H8N4O3. The molecule has 0 unspecified atom stereocenters. The molecule has 7 heteroatoms. The molecule has 2 aliphatic rings. The van der Waals surface area contributed by atoms with Crippen LogP contribution in [0.15, 0.2) is 33.5 Å². The highest BCUT2D eigenvalue weighted by Crippen LogP contribution is 2.21. The minimum atomic E-state index is -0.516. The molecule has 0 radical (unpaired) electrons. The van der Waals surface area contributed by atoms with Gasteiger partial charge < -0.3 is 0 Å². The quantitative estimate of drug-likeness (QED) is 0.379. The fraction of sp³-hybridized carbons (Fsp3) is 0.250.